The van der Waals surface area contributed by atoms with Crippen molar-refractivity contribution in [2.45, 2.75) is 18.9 Å². The van der Waals surface area contributed by atoms with Crippen LogP contribution in [0.2, 0.25) is 0 Å². The standard InChI is InChI=1S/C14H18F2N2O4S/c1-23(20,21)18(14-11(15)5-2-6-12(14)16)9-13(19)17-8-10-4-3-7-22-10/h2,5-6,10H,3-4,7-9H2,1H3,(H,17,19). The van der Waals surface area contributed by atoms with E-state index >= 15 is 0 Å². The molecule has 1 aliphatic rings. The van der Waals surface area contributed by atoms with Crippen LogP contribution in [0.5, 0.6) is 0 Å². The normalized spacial score (nSPS) is 18.0. The van der Waals surface area contributed by atoms with E-state index in [9.17, 15) is 22.0 Å². The van der Waals surface area contributed by atoms with Crippen LogP contribution in [0.3, 0.4) is 0 Å². The summed E-state index contributed by atoms with van der Waals surface area (Å²) in [6.07, 6.45) is 2.37. The van der Waals surface area contributed by atoms with E-state index in [1.165, 1.54) is 0 Å². The third-order valence-corrected chi connectivity index (χ3v) is 4.54. The first-order valence-electron chi connectivity index (χ1n) is 7.09. The summed E-state index contributed by atoms with van der Waals surface area (Å²) < 4.78 is 57.0. The number of benzene rings is 1. The van der Waals surface area contributed by atoms with Gasteiger partial charge in [-0.3, -0.25) is 9.10 Å². The number of hydrogen-bond donors (Lipinski definition) is 1. The lowest BCUT2D eigenvalue weighted by Crippen LogP contribution is -2.43. The number of nitrogens with one attached hydrogen (secondary N) is 1. The predicted molar refractivity (Wildman–Crippen MR) is 80.5 cm³/mol. The molecule has 1 fully saturated rings. The van der Waals surface area contributed by atoms with Crippen LogP contribution in [0, 0.1) is 11.6 Å². The molecule has 9 heteroatoms. The molecule has 0 aliphatic carbocycles. The molecule has 1 unspecified atom stereocenters. The van der Waals surface area contributed by atoms with E-state index in [0.29, 0.717) is 10.9 Å². The van der Waals surface area contributed by atoms with Crippen LogP contribution >= 0.6 is 0 Å². The average molecular weight is 348 g/mol. The molecule has 1 heterocycles. The second-order valence-corrected chi connectivity index (χ2v) is 7.19. The molecular formula is C14H18F2N2O4S. The van der Waals surface area contributed by atoms with Crippen LogP contribution in [0.4, 0.5) is 14.5 Å². The van der Waals surface area contributed by atoms with Gasteiger partial charge in [0.1, 0.15) is 12.2 Å². The van der Waals surface area contributed by atoms with Gasteiger partial charge >= 0.3 is 0 Å². The number of ether oxygens (including phenoxy) is 1. The van der Waals surface area contributed by atoms with E-state index in [1.54, 1.807) is 0 Å². The number of sulfonamides is 1. The van der Waals surface area contributed by atoms with Gasteiger partial charge in [0.15, 0.2) is 11.6 Å². The molecule has 1 aliphatic heterocycles. The van der Waals surface area contributed by atoms with Gasteiger partial charge in [-0.2, -0.15) is 0 Å². The van der Waals surface area contributed by atoms with Crippen LogP contribution in [-0.2, 0) is 19.6 Å². The molecule has 6 nitrogen and oxygen atoms in total. The Morgan fingerprint density at radius 2 is 2.04 bits per heavy atom. The van der Waals surface area contributed by atoms with Crippen molar-refractivity contribution in [3.05, 3.63) is 29.8 Å². The summed E-state index contributed by atoms with van der Waals surface area (Å²) in [6, 6.07) is 2.98. The number of halogens is 2. The predicted octanol–water partition coefficient (Wildman–Crippen LogP) is 1.03. The highest BCUT2D eigenvalue weighted by molar-refractivity contribution is 7.92. The topological polar surface area (TPSA) is 75.7 Å². The van der Waals surface area contributed by atoms with Gasteiger partial charge in [0.05, 0.1) is 12.4 Å². The molecule has 1 saturated heterocycles. The van der Waals surface area contributed by atoms with Gasteiger partial charge in [0.25, 0.3) is 0 Å². The van der Waals surface area contributed by atoms with Gasteiger partial charge in [-0.15, -0.1) is 0 Å². The fraction of sp³-hybridized carbons (Fsp3) is 0.500. The average Bonchev–Trinajstić information content (AvgIpc) is 2.96. The fourth-order valence-corrected chi connectivity index (χ4v) is 3.17. The van der Waals surface area contributed by atoms with Crippen molar-refractivity contribution < 1.29 is 26.7 Å². The van der Waals surface area contributed by atoms with Crippen LogP contribution in [0.15, 0.2) is 18.2 Å². The quantitative estimate of drug-likeness (QED) is 0.833. The summed E-state index contributed by atoms with van der Waals surface area (Å²) in [6.45, 7) is 0.149. The SMILES string of the molecule is CS(=O)(=O)N(CC(=O)NCC1CCCO1)c1c(F)cccc1F. The van der Waals surface area contributed by atoms with Crippen molar-refractivity contribution in [3.63, 3.8) is 0 Å². The molecule has 0 aromatic heterocycles. The zero-order chi connectivity index (χ0) is 17.0. The lowest BCUT2D eigenvalue weighted by atomic mass is 10.2. The molecule has 0 radical (unpaired) electrons. The Bertz CT molecular complexity index is 655. The third-order valence-electron chi connectivity index (χ3n) is 3.43. The van der Waals surface area contributed by atoms with Crippen LogP contribution in [-0.4, -0.2) is 46.4 Å². The minimum absolute atomic E-state index is 0.115. The summed E-state index contributed by atoms with van der Waals surface area (Å²) >= 11 is 0. The van der Waals surface area contributed by atoms with Crippen LogP contribution in [0.25, 0.3) is 0 Å². The molecule has 128 valence electrons. The van der Waals surface area contributed by atoms with E-state index in [4.69, 9.17) is 4.74 Å². The van der Waals surface area contributed by atoms with Gasteiger partial charge in [-0.1, -0.05) is 6.07 Å². The Hall–Kier alpha value is -1.74. The van der Waals surface area contributed by atoms with E-state index in [2.05, 4.69) is 5.32 Å². The number of carbonyl (C=O) groups excluding carboxylic acids is 1. The number of carbonyl (C=O) groups is 1. The maximum absolute atomic E-state index is 13.8. The highest BCUT2D eigenvalue weighted by Gasteiger charge is 2.27. The third kappa shape index (κ3) is 4.61. The Labute approximate surface area is 133 Å². The Morgan fingerprint density at radius 3 is 2.57 bits per heavy atom. The highest BCUT2D eigenvalue weighted by Crippen LogP contribution is 2.25. The zero-order valence-corrected chi connectivity index (χ0v) is 13.4. The van der Waals surface area contributed by atoms with Gasteiger partial charge in [-0.05, 0) is 25.0 Å². The second kappa shape index (κ2) is 7.22. The van der Waals surface area contributed by atoms with Crippen molar-refractivity contribution in [3.8, 4) is 0 Å². The Balaban J connectivity index is 2.12. The first-order chi connectivity index (χ1) is 10.8. The second-order valence-electron chi connectivity index (χ2n) is 5.28. The monoisotopic (exact) mass is 348 g/mol. The molecule has 1 N–H and O–H groups in total. The summed E-state index contributed by atoms with van der Waals surface area (Å²) in [5.41, 5.74) is -0.762. The number of amides is 1. The summed E-state index contributed by atoms with van der Waals surface area (Å²) in [5.74, 6) is -2.77. The molecule has 0 saturated carbocycles. The number of hydrogen-bond acceptors (Lipinski definition) is 4. The molecule has 1 atom stereocenters. The zero-order valence-electron chi connectivity index (χ0n) is 12.6. The summed E-state index contributed by atoms with van der Waals surface area (Å²) in [5, 5.41) is 2.52. The molecule has 0 bridgehead atoms. The first-order valence-corrected chi connectivity index (χ1v) is 8.94. The molecule has 1 aromatic rings. The maximum Gasteiger partial charge on any atom is 0.240 e. The summed E-state index contributed by atoms with van der Waals surface area (Å²) in [4.78, 5) is 11.9. The number of rotatable bonds is 6. The number of nitrogens with zero attached hydrogens (tertiary/aromatic N) is 1. The van der Waals surface area contributed by atoms with Crippen molar-refractivity contribution >= 4 is 21.6 Å². The highest BCUT2D eigenvalue weighted by atomic mass is 32.2. The fourth-order valence-electron chi connectivity index (χ4n) is 2.31. The molecule has 0 spiro atoms. The van der Waals surface area contributed by atoms with E-state index in [1.807, 2.05) is 0 Å². The largest absolute Gasteiger partial charge is 0.376 e. The first kappa shape index (κ1) is 17.6. The van der Waals surface area contributed by atoms with Crippen molar-refractivity contribution in [1.82, 2.24) is 5.32 Å². The van der Waals surface area contributed by atoms with Crippen molar-refractivity contribution in [2.24, 2.45) is 0 Å². The van der Waals surface area contributed by atoms with Crippen molar-refractivity contribution in [2.75, 3.05) is 30.3 Å². The molecular weight excluding hydrogens is 330 g/mol. The minimum Gasteiger partial charge on any atom is -0.376 e. The van der Waals surface area contributed by atoms with Gasteiger partial charge in [-0.25, -0.2) is 17.2 Å². The Morgan fingerprint density at radius 1 is 1.39 bits per heavy atom. The summed E-state index contributed by atoms with van der Waals surface area (Å²) in [7, 11) is -4.03. The van der Waals surface area contributed by atoms with Crippen LogP contribution in [0.1, 0.15) is 12.8 Å². The number of anilines is 1. The minimum atomic E-state index is -4.03. The van der Waals surface area contributed by atoms with Crippen LogP contribution < -0.4 is 9.62 Å². The maximum atomic E-state index is 13.8. The van der Waals surface area contributed by atoms with Gasteiger partial charge in [0.2, 0.25) is 15.9 Å². The molecule has 23 heavy (non-hydrogen) atoms. The smallest absolute Gasteiger partial charge is 0.240 e. The molecule has 1 aromatic carbocycles. The van der Waals surface area contributed by atoms with Gasteiger partial charge < -0.3 is 10.1 Å². The Kier molecular flexibility index (Phi) is 5.53. The lowest BCUT2D eigenvalue weighted by Gasteiger charge is -2.23. The van der Waals surface area contributed by atoms with E-state index < -0.39 is 39.8 Å². The number of para-hydroxylation sites is 1. The van der Waals surface area contributed by atoms with Crippen molar-refractivity contribution in [1.29, 1.82) is 0 Å². The van der Waals surface area contributed by atoms with E-state index in [0.717, 1.165) is 37.3 Å². The lowest BCUT2D eigenvalue weighted by molar-refractivity contribution is -0.120. The molecule has 2 rings (SSSR count). The van der Waals surface area contributed by atoms with Gasteiger partial charge in [0, 0.05) is 13.2 Å². The van der Waals surface area contributed by atoms with E-state index in [-0.39, 0.29) is 12.6 Å². The molecule has 1 amide bonds.